The summed E-state index contributed by atoms with van der Waals surface area (Å²) in [5, 5.41) is 0. The second-order valence-electron chi connectivity index (χ2n) is 4.12. The van der Waals surface area contributed by atoms with Gasteiger partial charge >= 0.3 is 0 Å². The molecule has 0 radical (unpaired) electrons. The molecule has 0 aliphatic heterocycles. The number of halogens is 2. The first-order valence-corrected chi connectivity index (χ1v) is 9.74. The molecule has 0 aliphatic carbocycles. The van der Waals surface area contributed by atoms with Gasteiger partial charge in [-0.25, -0.2) is 0 Å². The summed E-state index contributed by atoms with van der Waals surface area (Å²) in [4.78, 5) is 16.4. The third-order valence-corrected chi connectivity index (χ3v) is 7.67. The summed E-state index contributed by atoms with van der Waals surface area (Å²) in [6.07, 6.45) is 0. The lowest BCUT2D eigenvalue weighted by atomic mass is 10.2. The molecule has 0 aliphatic rings. The molecule has 0 unspecified atom stereocenters. The largest absolute Gasteiger partial charge is 0.294 e. The van der Waals surface area contributed by atoms with Crippen LogP contribution in [-0.4, -0.2) is 5.78 Å². The van der Waals surface area contributed by atoms with Crippen LogP contribution in [0.4, 0.5) is 0 Å². The molecule has 0 saturated heterocycles. The van der Waals surface area contributed by atoms with Crippen LogP contribution in [0.15, 0.2) is 37.9 Å². The van der Waals surface area contributed by atoms with Crippen molar-refractivity contribution in [2.75, 3.05) is 0 Å². The smallest absolute Gasteiger partial charge is 0.161 e. The summed E-state index contributed by atoms with van der Waals surface area (Å²) in [6, 6.07) is 10.4. The highest BCUT2D eigenvalue weighted by molar-refractivity contribution is 9.11. The van der Waals surface area contributed by atoms with Gasteiger partial charge in [0.25, 0.3) is 0 Å². The fraction of sp³-hybridized carbons (Fsp3) is 0.0714. The maximum absolute atomic E-state index is 11.5. The lowest BCUT2D eigenvalue weighted by Crippen LogP contribution is -1.87. The van der Waals surface area contributed by atoms with E-state index in [0.29, 0.717) is 0 Å². The van der Waals surface area contributed by atoms with Gasteiger partial charge in [0.05, 0.1) is 7.57 Å². The summed E-state index contributed by atoms with van der Waals surface area (Å²) in [5.41, 5.74) is 0.763. The number of Topliss-reactive ketones (excluding diaryl/α,β-unsaturated/α-hetero) is 1. The predicted octanol–water partition coefficient (Wildman–Crippen LogP) is 6.93. The van der Waals surface area contributed by atoms with Gasteiger partial charge in [0, 0.05) is 25.1 Å². The van der Waals surface area contributed by atoms with E-state index in [1.807, 2.05) is 6.07 Å². The zero-order valence-corrected chi connectivity index (χ0v) is 15.9. The Kier molecular flexibility index (Phi) is 4.29. The Labute approximate surface area is 145 Å². The number of rotatable bonds is 3. The van der Waals surface area contributed by atoms with Crippen molar-refractivity contribution >= 4 is 71.7 Å². The van der Waals surface area contributed by atoms with E-state index in [1.165, 1.54) is 14.6 Å². The van der Waals surface area contributed by atoms with Gasteiger partial charge in [0.1, 0.15) is 0 Å². The maximum atomic E-state index is 11.5. The molecule has 0 aromatic carbocycles. The van der Waals surface area contributed by atoms with Crippen LogP contribution in [0.1, 0.15) is 17.3 Å². The zero-order chi connectivity index (χ0) is 14.3. The predicted molar refractivity (Wildman–Crippen MR) is 96.3 cm³/mol. The quantitative estimate of drug-likeness (QED) is 0.397. The van der Waals surface area contributed by atoms with E-state index in [2.05, 4.69) is 56.1 Å². The molecule has 20 heavy (non-hydrogen) atoms. The Morgan fingerprint density at radius 2 is 1.50 bits per heavy atom. The van der Waals surface area contributed by atoms with Gasteiger partial charge in [-0.05, 0) is 69.1 Å². The van der Waals surface area contributed by atoms with E-state index in [4.69, 9.17) is 0 Å². The third kappa shape index (κ3) is 2.85. The van der Waals surface area contributed by atoms with Gasteiger partial charge in [-0.1, -0.05) is 0 Å². The summed E-state index contributed by atoms with van der Waals surface area (Å²) in [5.74, 6) is 0.0957. The van der Waals surface area contributed by atoms with Crippen LogP contribution >= 0.6 is 65.9 Å². The molecule has 3 rings (SSSR count). The fourth-order valence-electron chi connectivity index (χ4n) is 1.78. The lowest BCUT2D eigenvalue weighted by Gasteiger charge is -1.90. The van der Waals surface area contributed by atoms with Crippen molar-refractivity contribution in [2.24, 2.45) is 0 Å². The molecular formula is C14H8Br2OS3. The summed E-state index contributed by atoms with van der Waals surface area (Å²) >= 11 is 12.1. The summed E-state index contributed by atoms with van der Waals surface area (Å²) < 4.78 is 2.05. The van der Waals surface area contributed by atoms with Crippen LogP contribution in [-0.2, 0) is 0 Å². The normalized spacial score (nSPS) is 10.9. The highest BCUT2D eigenvalue weighted by Gasteiger charge is 2.14. The Morgan fingerprint density at radius 1 is 0.900 bits per heavy atom. The first kappa shape index (κ1) is 14.7. The zero-order valence-electron chi connectivity index (χ0n) is 10.3. The molecule has 1 nitrogen and oxygen atoms in total. The minimum atomic E-state index is 0.0957. The number of carbonyl (C=O) groups is 1. The Bertz CT molecular complexity index is 782. The van der Waals surface area contributed by atoms with Crippen LogP contribution in [0.5, 0.6) is 0 Å². The van der Waals surface area contributed by atoms with E-state index in [0.717, 1.165) is 18.0 Å². The Hall–Kier alpha value is -0.270. The van der Waals surface area contributed by atoms with Crippen molar-refractivity contribution in [1.82, 2.24) is 0 Å². The topological polar surface area (TPSA) is 17.1 Å². The summed E-state index contributed by atoms with van der Waals surface area (Å²) in [6.45, 7) is 1.60. The molecule has 0 N–H and O–H groups in total. The van der Waals surface area contributed by atoms with Crippen molar-refractivity contribution in [3.8, 4) is 19.5 Å². The van der Waals surface area contributed by atoms with Gasteiger partial charge in [-0.15, -0.1) is 34.0 Å². The molecule has 3 heterocycles. The third-order valence-electron chi connectivity index (χ3n) is 2.73. The van der Waals surface area contributed by atoms with Crippen LogP contribution in [0.25, 0.3) is 19.5 Å². The molecule has 0 fully saturated rings. The van der Waals surface area contributed by atoms with Crippen molar-refractivity contribution in [2.45, 2.75) is 6.92 Å². The van der Waals surface area contributed by atoms with Gasteiger partial charge in [0.2, 0.25) is 0 Å². The molecule has 0 atom stereocenters. The van der Waals surface area contributed by atoms with Crippen molar-refractivity contribution in [3.05, 3.63) is 43.5 Å². The number of hydrogen-bond donors (Lipinski definition) is 0. The summed E-state index contributed by atoms with van der Waals surface area (Å²) in [7, 11) is 0. The van der Waals surface area contributed by atoms with Crippen LogP contribution in [0.3, 0.4) is 0 Å². The minimum absolute atomic E-state index is 0.0957. The number of ketones is 1. The van der Waals surface area contributed by atoms with E-state index in [1.54, 1.807) is 40.9 Å². The van der Waals surface area contributed by atoms with Crippen molar-refractivity contribution in [1.29, 1.82) is 0 Å². The van der Waals surface area contributed by atoms with Crippen LogP contribution in [0.2, 0.25) is 0 Å². The lowest BCUT2D eigenvalue weighted by molar-refractivity contribution is 0.101. The standard InChI is InChI=1S/C14H8Br2OS3/c1-7(17)8-6-12(20-14(8)16)11-3-2-9(18-11)10-4-5-13(15)19-10/h2-6H,1H3. The Morgan fingerprint density at radius 3 is 2.05 bits per heavy atom. The van der Waals surface area contributed by atoms with Crippen molar-refractivity contribution in [3.63, 3.8) is 0 Å². The molecule has 0 amide bonds. The molecule has 3 aromatic heterocycles. The second kappa shape index (κ2) is 5.85. The maximum Gasteiger partial charge on any atom is 0.161 e. The van der Waals surface area contributed by atoms with Gasteiger partial charge < -0.3 is 0 Å². The number of hydrogen-bond acceptors (Lipinski definition) is 4. The van der Waals surface area contributed by atoms with Crippen molar-refractivity contribution < 1.29 is 4.79 Å². The molecular weight excluding hydrogens is 440 g/mol. The average molecular weight is 448 g/mol. The van der Waals surface area contributed by atoms with E-state index in [9.17, 15) is 4.79 Å². The number of carbonyl (C=O) groups excluding carboxylic acids is 1. The average Bonchev–Trinajstić information content (AvgIpc) is 3.06. The first-order chi connectivity index (χ1) is 9.54. The van der Waals surface area contributed by atoms with E-state index in [-0.39, 0.29) is 5.78 Å². The van der Waals surface area contributed by atoms with Crippen LogP contribution in [0, 0.1) is 0 Å². The minimum Gasteiger partial charge on any atom is -0.294 e. The molecule has 0 bridgehead atoms. The Balaban J connectivity index is 1.98. The van der Waals surface area contributed by atoms with E-state index >= 15 is 0 Å². The highest BCUT2D eigenvalue weighted by atomic mass is 79.9. The van der Waals surface area contributed by atoms with E-state index < -0.39 is 0 Å². The second-order valence-corrected chi connectivity index (χ2v) is 10.0. The highest BCUT2D eigenvalue weighted by Crippen LogP contribution is 2.42. The molecule has 102 valence electrons. The molecule has 0 spiro atoms. The monoisotopic (exact) mass is 446 g/mol. The van der Waals surface area contributed by atoms with Gasteiger partial charge in [-0.2, -0.15) is 0 Å². The number of thiophene rings is 3. The van der Waals surface area contributed by atoms with Gasteiger partial charge in [-0.3, -0.25) is 4.79 Å². The van der Waals surface area contributed by atoms with Crippen LogP contribution < -0.4 is 0 Å². The van der Waals surface area contributed by atoms with Gasteiger partial charge in [0.15, 0.2) is 5.78 Å². The molecule has 6 heteroatoms. The first-order valence-electron chi connectivity index (χ1n) is 5.71. The SMILES string of the molecule is CC(=O)c1cc(-c2ccc(-c3ccc(Br)s3)s2)sc1Br. The molecule has 0 saturated carbocycles. The fourth-order valence-corrected chi connectivity index (χ4v) is 6.19. The molecule has 3 aromatic rings.